The number of hydrogen-bond donors (Lipinski definition) is 1. The third-order valence-corrected chi connectivity index (χ3v) is 5.87. The van der Waals surface area contributed by atoms with Crippen molar-refractivity contribution in [2.75, 3.05) is 24.7 Å². The average Bonchev–Trinajstić information content (AvgIpc) is 3.09. The van der Waals surface area contributed by atoms with Crippen LogP contribution < -0.4 is 5.32 Å². The molecule has 0 radical (unpaired) electrons. The molecule has 0 unspecified atom stereocenters. The number of nitrogens with one attached hydrogen (secondary N) is 1. The van der Waals surface area contributed by atoms with Crippen molar-refractivity contribution in [2.45, 2.75) is 31.7 Å². The first kappa shape index (κ1) is 13.4. The summed E-state index contributed by atoms with van der Waals surface area (Å²) in [6, 6.07) is 0.0451. The third-order valence-electron chi connectivity index (χ3n) is 3.81. The van der Waals surface area contributed by atoms with Gasteiger partial charge in [-0.2, -0.15) is 0 Å². The molecule has 0 saturated carbocycles. The number of carbonyl (C=O) groups is 1. The molecule has 2 aliphatic rings. The van der Waals surface area contributed by atoms with Crippen LogP contribution in [0.3, 0.4) is 0 Å². The summed E-state index contributed by atoms with van der Waals surface area (Å²) in [5, 5.41) is 6.63. The van der Waals surface area contributed by atoms with Gasteiger partial charge in [0.05, 0.1) is 11.0 Å². The predicted molar refractivity (Wildman–Crippen MR) is 79.7 cm³/mol. The molecule has 3 rings (SSSR count). The monoisotopic (exact) mass is 297 g/mol. The number of aromatic nitrogens is 1. The topological polar surface area (TPSA) is 45.2 Å². The first-order valence-electron chi connectivity index (χ1n) is 6.76. The zero-order valence-electron chi connectivity index (χ0n) is 11.1. The normalized spacial score (nSPS) is 24.9. The first-order chi connectivity index (χ1) is 9.24. The molecule has 3 heterocycles. The first-order valence-corrected chi connectivity index (χ1v) is 8.79. The molecular weight excluding hydrogens is 278 g/mol. The predicted octanol–water partition coefficient (Wildman–Crippen LogP) is 1.82. The number of amides is 1. The molecule has 19 heavy (non-hydrogen) atoms. The molecule has 4 nitrogen and oxygen atoms in total. The van der Waals surface area contributed by atoms with Gasteiger partial charge in [0.1, 0.15) is 0 Å². The standard InChI is InChI=1S/C13H19N3OS2/c1-9-6-19-12(15-9)10-2-4-16(5-3-10)13(17)11-7-18-8-14-11/h6,10-11,14H,2-5,7-8H2,1H3/t11-/m0/s1. The molecule has 0 aliphatic carbocycles. The zero-order chi connectivity index (χ0) is 13.2. The van der Waals surface area contributed by atoms with E-state index in [0.717, 1.165) is 43.3 Å². The summed E-state index contributed by atoms with van der Waals surface area (Å²) in [7, 11) is 0. The Hall–Kier alpha value is -0.590. The zero-order valence-corrected chi connectivity index (χ0v) is 12.7. The second-order valence-electron chi connectivity index (χ2n) is 5.20. The summed E-state index contributed by atoms with van der Waals surface area (Å²) in [5.41, 5.74) is 1.12. The molecule has 2 saturated heterocycles. The maximum Gasteiger partial charge on any atom is 0.240 e. The molecule has 1 aromatic rings. The van der Waals surface area contributed by atoms with Gasteiger partial charge in [-0.05, 0) is 19.8 Å². The van der Waals surface area contributed by atoms with E-state index in [-0.39, 0.29) is 6.04 Å². The highest BCUT2D eigenvalue weighted by Crippen LogP contribution is 2.30. The molecule has 1 aromatic heterocycles. The summed E-state index contributed by atoms with van der Waals surface area (Å²) < 4.78 is 0. The Balaban J connectivity index is 1.55. The van der Waals surface area contributed by atoms with Crippen molar-refractivity contribution in [1.82, 2.24) is 15.2 Å². The van der Waals surface area contributed by atoms with Crippen LogP contribution in [0.5, 0.6) is 0 Å². The van der Waals surface area contributed by atoms with E-state index in [1.165, 1.54) is 5.01 Å². The lowest BCUT2D eigenvalue weighted by Crippen LogP contribution is -2.47. The highest BCUT2D eigenvalue weighted by atomic mass is 32.2. The number of thioether (sulfide) groups is 1. The van der Waals surface area contributed by atoms with Gasteiger partial charge >= 0.3 is 0 Å². The van der Waals surface area contributed by atoms with Crippen LogP contribution in [-0.4, -0.2) is 46.6 Å². The maximum absolute atomic E-state index is 12.3. The van der Waals surface area contributed by atoms with E-state index in [4.69, 9.17) is 0 Å². The number of thiazole rings is 1. The van der Waals surface area contributed by atoms with E-state index in [9.17, 15) is 4.79 Å². The van der Waals surface area contributed by atoms with Gasteiger partial charge in [0, 0.05) is 41.7 Å². The van der Waals surface area contributed by atoms with Gasteiger partial charge in [-0.1, -0.05) is 0 Å². The summed E-state index contributed by atoms with van der Waals surface area (Å²) in [5.74, 6) is 2.67. The molecule has 0 aromatic carbocycles. The Morgan fingerprint density at radius 2 is 2.26 bits per heavy atom. The quantitative estimate of drug-likeness (QED) is 0.904. The summed E-state index contributed by atoms with van der Waals surface area (Å²) in [4.78, 5) is 18.9. The lowest BCUT2D eigenvalue weighted by molar-refractivity contribution is -0.133. The number of likely N-dealkylation sites (tertiary alicyclic amines) is 1. The van der Waals surface area contributed by atoms with Crippen molar-refractivity contribution in [3.05, 3.63) is 16.1 Å². The minimum atomic E-state index is 0.0451. The Morgan fingerprint density at radius 3 is 2.84 bits per heavy atom. The Labute approximate surface area is 122 Å². The van der Waals surface area contributed by atoms with Crippen molar-refractivity contribution >= 4 is 29.0 Å². The van der Waals surface area contributed by atoms with E-state index in [1.807, 2.05) is 23.6 Å². The number of aryl methyl sites for hydroxylation is 1. The Kier molecular flexibility index (Phi) is 4.10. The summed E-state index contributed by atoms with van der Waals surface area (Å²) in [6.07, 6.45) is 2.11. The smallest absolute Gasteiger partial charge is 0.240 e. The molecule has 2 aliphatic heterocycles. The van der Waals surface area contributed by atoms with Gasteiger partial charge in [-0.25, -0.2) is 4.98 Å². The highest BCUT2D eigenvalue weighted by Gasteiger charge is 2.31. The van der Waals surface area contributed by atoms with Crippen LogP contribution in [0.15, 0.2) is 5.38 Å². The Bertz CT molecular complexity index is 448. The van der Waals surface area contributed by atoms with Crippen LogP contribution >= 0.6 is 23.1 Å². The molecule has 1 atom stereocenters. The van der Waals surface area contributed by atoms with Crippen LogP contribution in [0.1, 0.15) is 29.5 Å². The lowest BCUT2D eigenvalue weighted by atomic mass is 9.97. The van der Waals surface area contributed by atoms with Crippen molar-refractivity contribution in [2.24, 2.45) is 0 Å². The molecule has 1 amide bonds. The molecule has 6 heteroatoms. The Morgan fingerprint density at radius 1 is 1.47 bits per heavy atom. The second-order valence-corrected chi connectivity index (χ2v) is 7.12. The minimum Gasteiger partial charge on any atom is -0.341 e. The number of hydrogen-bond acceptors (Lipinski definition) is 5. The van der Waals surface area contributed by atoms with Crippen LogP contribution in [0.4, 0.5) is 0 Å². The van der Waals surface area contributed by atoms with Crippen LogP contribution in [0, 0.1) is 6.92 Å². The van der Waals surface area contributed by atoms with Gasteiger partial charge in [-0.3, -0.25) is 10.1 Å². The van der Waals surface area contributed by atoms with E-state index < -0.39 is 0 Å². The summed E-state index contributed by atoms with van der Waals surface area (Å²) >= 11 is 3.57. The third kappa shape index (κ3) is 2.95. The van der Waals surface area contributed by atoms with E-state index in [2.05, 4.69) is 15.7 Å². The maximum atomic E-state index is 12.3. The molecule has 0 bridgehead atoms. The molecule has 1 N–H and O–H groups in total. The van der Waals surface area contributed by atoms with Gasteiger partial charge in [0.2, 0.25) is 5.91 Å². The van der Waals surface area contributed by atoms with Crippen LogP contribution in [0.25, 0.3) is 0 Å². The van der Waals surface area contributed by atoms with Crippen molar-refractivity contribution in [1.29, 1.82) is 0 Å². The number of rotatable bonds is 2. The number of carbonyl (C=O) groups excluding carboxylic acids is 1. The lowest BCUT2D eigenvalue weighted by Gasteiger charge is -2.32. The van der Waals surface area contributed by atoms with Crippen molar-refractivity contribution < 1.29 is 4.79 Å². The van der Waals surface area contributed by atoms with Gasteiger partial charge in [0.25, 0.3) is 0 Å². The molecular formula is C13H19N3OS2. The highest BCUT2D eigenvalue weighted by molar-refractivity contribution is 7.99. The number of nitrogens with zero attached hydrogens (tertiary/aromatic N) is 2. The van der Waals surface area contributed by atoms with Gasteiger partial charge in [-0.15, -0.1) is 23.1 Å². The number of piperidine rings is 1. The largest absolute Gasteiger partial charge is 0.341 e. The fraction of sp³-hybridized carbons (Fsp3) is 0.692. The molecule has 2 fully saturated rings. The van der Waals surface area contributed by atoms with E-state index >= 15 is 0 Å². The fourth-order valence-corrected chi connectivity index (χ4v) is 4.58. The van der Waals surface area contributed by atoms with Gasteiger partial charge < -0.3 is 4.90 Å². The van der Waals surface area contributed by atoms with E-state index in [0.29, 0.717) is 11.8 Å². The minimum absolute atomic E-state index is 0.0451. The van der Waals surface area contributed by atoms with Crippen molar-refractivity contribution in [3.63, 3.8) is 0 Å². The SMILES string of the molecule is Cc1csc(C2CCN(C(=O)[C@@H]3CSCN3)CC2)n1. The summed E-state index contributed by atoms with van der Waals surface area (Å²) in [6.45, 7) is 3.80. The van der Waals surface area contributed by atoms with Crippen molar-refractivity contribution in [3.8, 4) is 0 Å². The fourth-order valence-electron chi connectivity index (χ4n) is 2.68. The second kappa shape index (κ2) is 5.81. The van der Waals surface area contributed by atoms with E-state index in [1.54, 1.807) is 11.3 Å². The van der Waals surface area contributed by atoms with Gasteiger partial charge in [0.15, 0.2) is 0 Å². The van der Waals surface area contributed by atoms with Crippen LogP contribution in [-0.2, 0) is 4.79 Å². The average molecular weight is 297 g/mol. The van der Waals surface area contributed by atoms with Crippen LogP contribution in [0.2, 0.25) is 0 Å². The molecule has 104 valence electrons. The molecule has 0 spiro atoms.